The van der Waals surface area contributed by atoms with E-state index in [1.807, 2.05) is 20.8 Å². The van der Waals surface area contributed by atoms with Gasteiger partial charge in [-0.1, -0.05) is 23.8 Å². The zero-order chi connectivity index (χ0) is 10.6. The maximum Gasteiger partial charge on any atom is 0.141 e. The highest BCUT2D eigenvalue weighted by atomic mass is 35.5. The first kappa shape index (κ1) is 11.3. The van der Waals surface area contributed by atoms with E-state index < -0.39 is 0 Å². The van der Waals surface area contributed by atoms with Crippen molar-refractivity contribution in [2.45, 2.75) is 26.8 Å². The molecule has 0 atom stereocenters. The van der Waals surface area contributed by atoms with E-state index in [4.69, 9.17) is 11.6 Å². The minimum atomic E-state index is 0.236. The van der Waals surface area contributed by atoms with E-state index in [9.17, 15) is 0 Å². The van der Waals surface area contributed by atoms with Crippen LogP contribution in [0.25, 0.3) is 0 Å². The van der Waals surface area contributed by atoms with Crippen LogP contribution < -0.4 is 16.3 Å². The van der Waals surface area contributed by atoms with Gasteiger partial charge in [0.2, 0.25) is 0 Å². The Bertz CT molecular complexity index is 248. The molecule has 0 radical (unpaired) electrons. The zero-order valence-electron chi connectivity index (χ0n) is 8.63. The van der Waals surface area contributed by atoms with Crippen LogP contribution in [0.4, 0.5) is 0 Å². The molecule has 0 aliphatic carbocycles. The summed E-state index contributed by atoms with van der Waals surface area (Å²) in [4.78, 5) is 4.34. The maximum atomic E-state index is 5.87. The van der Waals surface area contributed by atoms with Gasteiger partial charge >= 0.3 is 0 Å². The van der Waals surface area contributed by atoms with Gasteiger partial charge in [-0.05, 0) is 13.8 Å². The fourth-order valence-electron chi connectivity index (χ4n) is 1.02. The summed E-state index contributed by atoms with van der Waals surface area (Å²) in [6.07, 6.45) is 1.75. The number of aliphatic imine (C=N–C) groups is 1. The predicted octanol–water partition coefficient (Wildman–Crippen LogP) is 0.723. The smallest absolute Gasteiger partial charge is 0.141 e. The molecule has 0 aromatic heterocycles. The maximum absolute atomic E-state index is 5.87. The highest BCUT2D eigenvalue weighted by Gasteiger charge is 2.12. The molecule has 1 heterocycles. The Hall–Kier alpha value is -0.780. The molecule has 0 fully saturated rings. The first-order chi connectivity index (χ1) is 6.61. The van der Waals surface area contributed by atoms with Gasteiger partial charge in [-0.3, -0.25) is 15.8 Å². The first-order valence-corrected chi connectivity index (χ1v) is 5.01. The van der Waals surface area contributed by atoms with Crippen LogP contribution in [-0.4, -0.2) is 23.6 Å². The molecule has 3 N–H and O–H groups in total. The van der Waals surface area contributed by atoms with Crippen molar-refractivity contribution in [3.8, 4) is 0 Å². The number of halogens is 1. The third-order valence-corrected chi connectivity index (χ3v) is 1.62. The van der Waals surface area contributed by atoms with E-state index in [1.165, 1.54) is 0 Å². The molecule has 0 unspecified atom stereocenters. The summed E-state index contributed by atoms with van der Waals surface area (Å²) in [6, 6.07) is 0.236. The first-order valence-electron chi connectivity index (χ1n) is 4.63. The average molecular weight is 218 g/mol. The summed E-state index contributed by atoms with van der Waals surface area (Å²) < 4.78 is 0. The average Bonchev–Trinajstić information content (AvgIpc) is 2.01. The van der Waals surface area contributed by atoms with E-state index in [0.717, 1.165) is 12.4 Å². The number of hydrazine groups is 3. The molecule has 1 rings (SSSR count). The fraction of sp³-hybridized carbons (Fsp3) is 0.625. The normalized spacial score (nSPS) is 20.6. The second kappa shape index (κ2) is 5.19. The predicted molar refractivity (Wildman–Crippen MR) is 58.3 cm³/mol. The van der Waals surface area contributed by atoms with Crippen LogP contribution in [0, 0.1) is 0 Å². The van der Waals surface area contributed by atoms with Crippen molar-refractivity contribution in [3.05, 3.63) is 11.2 Å². The molecule has 1 aliphatic rings. The zero-order valence-corrected chi connectivity index (χ0v) is 9.39. The van der Waals surface area contributed by atoms with Gasteiger partial charge in [0.1, 0.15) is 11.0 Å². The Morgan fingerprint density at radius 2 is 2.29 bits per heavy atom. The van der Waals surface area contributed by atoms with E-state index >= 15 is 0 Å². The summed E-state index contributed by atoms with van der Waals surface area (Å²) in [6.45, 7) is 6.81. The molecule has 1 aliphatic heterocycles. The van der Waals surface area contributed by atoms with Crippen LogP contribution in [0.5, 0.6) is 0 Å². The number of hydrogen-bond acceptors (Lipinski definition) is 4. The minimum Gasteiger partial charge on any atom is -0.277 e. The lowest BCUT2D eigenvalue weighted by molar-refractivity contribution is 0.101. The van der Waals surface area contributed by atoms with Gasteiger partial charge < -0.3 is 0 Å². The lowest BCUT2D eigenvalue weighted by atomic mass is 10.4. The molecule has 0 aromatic carbocycles. The van der Waals surface area contributed by atoms with Gasteiger partial charge in [-0.2, -0.15) is 0 Å². The molecular formula is C8H16ClN5. The van der Waals surface area contributed by atoms with Crippen LogP contribution in [0.15, 0.2) is 16.2 Å². The highest BCUT2D eigenvalue weighted by Crippen LogP contribution is 2.02. The van der Waals surface area contributed by atoms with Gasteiger partial charge in [0.15, 0.2) is 0 Å². The van der Waals surface area contributed by atoms with Gasteiger partial charge in [0.05, 0.1) is 0 Å². The molecule has 14 heavy (non-hydrogen) atoms. The monoisotopic (exact) mass is 217 g/mol. The Kier molecular flexibility index (Phi) is 4.19. The molecule has 0 amide bonds. The number of amidine groups is 1. The van der Waals surface area contributed by atoms with E-state index in [0.29, 0.717) is 5.16 Å². The lowest BCUT2D eigenvalue weighted by Crippen LogP contribution is -2.59. The van der Waals surface area contributed by atoms with Crippen LogP contribution >= 0.6 is 11.6 Å². The lowest BCUT2D eigenvalue weighted by Gasteiger charge is -2.28. The van der Waals surface area contributed by atoms with Crippen molar-refractivity contribution in [1.82, 2.24) is 21.5 Å². The number of rotatable bonds is 3. The second-order valence-electron chi connectivity index (χ2n) is 3.17. The molecule has 0 saturated heterocycles. The summed E-state index contributed by atoms with van der Waals surface area (Å²) in [7, 11) is 0. The third kappa shape index (κ3) is 3.53. The summed E-state index contributed by atoms with van der Waals surface area (Å²) in [5, 5.41) is 2.12. The number of nitrogens with one attached hydrogen (secondary N) is 3. The minimum absolute atomic E-state index is 0.236. The highest BCUT2D eigenvalue weighted by molar-refractivity contribution is 6.31. The Balaban J connectivity index is 2.66. The third-order valence-electron chi connectivity index (χ3n) is 1.42. The van der Waals surface area contributed by atoms with E-state index in [2.05, 4.69) is 21.3 Å². The van der Waals surface area contributed by atoms with Crippen molar-refractivity contribution in [3.63, 3.8) is 0 Å². The van der Waals surface area contributed by atoms with Crippen molar-refractivity contribution in [2.24, 2.45) is 4.99 Å². The topological polar surface area (TPSA) is 51.7 Å². The van der Waals surface area contributed by atoms with Crippen molar-refractivity contribution in [1.29, 1.82) is 0 Å². The Morgan fingerprint density at radius 1 is 1.57 bits per heavy atom. The SMILES string of the molecule is CCNN1NC(Cl)=CC(=NC(C)C)N1. The van der Waals surface area contributed by atoms with E-state index in [1.54, 1.807) is 11.3 Å². The second-order valence-corrected chi connectivity index (χ2v) is 3.58. The molecule has 0 spiro atoms. The summed E-state index contributed by atoms with van der Waals surface area (Å²) in [5.74, 6) is 0.740. The number of hydrogen-bond donors (Lipinski definition) is 3. The largest absolute Gasteiger partial charge is 0.277 e. The molecule has 6 heteroatoms. The van der Waals surface area contributed by atoms with Gasteiger partial charge in [0.25, 0.3) is 0 Å². The molecule has 0 aromatic rings. The molecule has 5 nitrogen and oxygen atoms in total. The summed E-state index contributed by atoms with van der Waals surface area (Å²) in [5.41, 5.74) is 8.92. The van der Waals surface area contributed by atoms with Crippen molar-refractivity contribution >= 4 is 17.4 Å². The van der Waals surface area contributed by atoms with Gasteiger partial charge in [-0.25, -0.2) is 5.43 Å². The van der Waals surface area contributed by atoms with Crippen LogP contribution in [0.2, 0.25) is 0 Å². The van der Waals surface area contributed by atoms with Gasteiger partial charge in [-0.15, -0.1) is 0 Å². The summed E-state index contributed by atoms with van der Waals surface area (Å²) >= 11 is 5.87. The van der Waals surface area contributed by atoms with Crippen molar-refractivity contribution in [2.75, 3.05) is 6.54 Å². The quantitative estimate of drug-likeness (QED) is 0.610. The molecule has 80 valence electrons. The molecule has 0 bridgehead atoms. The molecule has 0 saturated carbocycles. The Morgan fingerprint density at radius 3 is 2.86 bits per heavy atom. The standard InChI is InChI=1S/C8H16ClN5/c1-4-10-14-12-7(9)5-8(13-14)11-6(2)3/h5-6,10,12H,4H2,1-3H3,(H,11,13). The Labute approximate surface area is 89.1 Å². The van der Waals surface area contributed by atoms with Crippen LogP contribution in [-0.2, 0) is 0 Å². The van der Waals surface area contributed by atoms with Gasteiger partial charge in [0, 0.05) is 18.7 Å². The van der Waals surface area contributed by atoms with Crippen LogP contribution in [0.3, 0.4) is 0 Å². The van der Waals surface area contributed by atoms with Crippen molar-refractivity contribution < 1.29 is 0 Å². The molecular weight excluding hydrogens is 202 g/mol. The number of nitrogens with zero attached hydrogens (tertiary/aromatic N) is 2. The fourth-order valence-corrected chi connectivity index (χ4v) is 1.20. The van der Waals surface area contributed by atoms with Crippen LogP contribution in [0.1, 0.15) is 20.8 Å². The van der Waals surface area contributed by atoms with E-state index in [-0.39, 0.29) is 6.04 Å².